The lowest BCUT2D eigenvalue weighted by molar-refractivity contribution is -0.110. The van der Waals surface area contributed by atoms with Gasteiger partial charge in [-0.05, 0) is 30.2 Å². The number of rotatable bonds is 9. The predicted octanol–water partition coefficient (Wildman–Crippen LogP) is 3.51. The third-order valence-corrected chi connectivity index (χ3v) is 6.01. The molecule has 1 saturated heterocycles. The monoisotopic (exact) mass is 459 g/mol. The highest BCUT2D eigenvalue weighted by molar-refractivity contribution is 6.31. The molecule has 3 aromatic rings. The lowest BCUT2D eigenvalue weighted by Gasteiger charge is -2.26. The fourth-order valence-corrected chi connectivity index (χ4v) is 4.18. The van der Waals surface area contributed by atoms with Crippen molar-refractivity contribution < 1.29 is 14.3 Å². The van der Waals surface area contributed by atoms with E-state index in [2.05, 4.69) is 37.9 Å². The first-order valence-corrected chi connectivity index (χ1v) is 11.7. The number of carbonyl (C=O) groups excluding carboxylic acids is 1. The summed E-state index contributed by atoms with van der Waals surface area (Å²) >= 11 is 0. The van der Waals surface area contributed by atoms with Gasteiger partial charge in [0.2, 0.25) is 0 Å². The van der Waals surface area contributed by atoms with Crippen LogP contribution in [0.25, 0.3) is 5.57 Å². The number of nitrogens with one attached hydrogen (secondary N) is 3. The van der Waals surface area contributed by atoms with Gasteiger partial charge in [-0.25, -0.2) is 0 Å². The van der Waals surface area contributed by atoms with E-state index in [4.69, 9.17) is 9.47 Å². The lowest BCUT2D eigenvalue weighted by atomic mass is 10.1. The number of hydrogen-bond donors (Lipinski definition) is 3. The molecule has 0 saturated carbocycles. The van der Waals surface area contributed by atoms with Crippen molar-refractivity contribution in [3.05, 3.63) is 77.6 Å². The van der Waals surface area contributed by atoms with E-state index in [1.807, 2.05) is 42.5 Å². The van der Waals surface area contributed by atoms with Crippen LogP contribution in [0.4, 0.5) is 11.5 Å². The van der Waals surface area contributed by atoms with Crippen molar-refractivity contribution in [2.24, 2.45) is 0 Å². The molecule has 8 nitrogen and oxygen atoms in total. The number of morpholine rings is 1. The highest BCUT2D eigenvalue weighted by Crippen LogP contribution is 2.31. The Balaban J connectivity index is 1.10. The Morgan fingerprint density at radius 1 is 1.12 bits per heavy atom. The van der Waals surface area contributed by atoms with Gasteiger partial charge in [-0.15, -0.1) is 0 Å². The van der Waals surface area contributed by atoms with Gasteiger partial charge >= 0.3 is 0 Å². The lowest BCUT2D eigenvalue weighted by Crippen LogP contribution is -2.37. The highest BCUT2D eigenvalue weighted by atomic mass is 16.5. The van der Waals surface area contributed by atoms with E-state index in [0.29, 0.717) is 18.6 Å². The number of benzene rings is 2. The van der Waals surface area contributed by atoms with Crippen molar-refractivity contribution in [1.82, 2.24) is 15.1 Å². The molecule has 0 unspecified atom stereocenters. The number of ether oxygens (including phenoxy) is 2. The third kappa shape index (κ3) is 5.47. The molecule has 0 aliphatic carbocycles. The Morgan fingerprint density at radius 2 is 1.94 bits per heavy atom. The summed E-state index contributed by atoms with van der Waals surface area (Å²) in [4.78, 5) is 14.6. The molecule has 0 atom stereocenters. The highest BCUT2D eigenvalue weighted by Gasteiger charge is 2.23. The fourth-order valence-electron chi connectivity index (χ4n) is 4.18. The zero-order valence-corrected chi connectivity index (χ0v) is 19.0. The molecule has 2 aliphatic heterocycles. The molecule has 1 amide bonds. The second-order valence-electron chi connectivity index (χ2n) is 8.45. The van der Waals surface area contributed by atoms with Crippen molar-refractivity contribution in [3.63, 3.8) is 0 Å². The van der Waals surface area contributed by atoms with Gasteiger partial charge < -0.3 is 20.1 Å². The molecule has 176 valence electrons. The number of para-hydroxylation sites is 1. The van der Waals surface area contributed by atoms with Gasteiger partial charge in [0, 0.05) is 49.6 Å². The molecule has 0 radical (unpaired) electrons. The molecule has 5 rings (SSSR count). The van der Waals surface area contributed by atoms with E-state index < -0.39 is 0 Å². The Labute approximate surface area is 199 Å². The van der Waals surface area contributed by atoms with Gasteiger partial charge in [-0.2, -0.15) is 5.10 Å². The Kier molecular flexibility index (Phi) is 6.88. The number of anilines is 2. The van der Waals surface area contributed by atoms with Gasteiger partial charge in [-0.1, -0.05) is 30.3 Å². The van der Waals surface area contributed by atoms with Crippen LogP contribution < -0.4 is 15.4 Å². The van der Waals surface area contributed by atoms with Gasteiger partial charge in [0.05, 0.1) is 31.1 Å². The zero-order valence-electron chi connectivity index (χ0n) is 19.0. The number of fused-ring (bicyclic) bond motifs is 1. The van der Waals surface area contributed by atoms with Crippen molar-refractivity contribution in [3.8, 4) is 5.75 Å². The quantitative estimate of drug-likeness (QED) is 0.335. The minimum absolute atomic E-state index is 0.114. The molecular formula is C26H29N5O3. The molecule has 2 aliphatic rings. The number of H-pyrrole nitrogens is 1. The number of aromatic amines is 1. The third-order valence-electron chi connectivity index (χ3n) is 6.01. The van der Waals surface area contributed by atoms with Crippen molar-refractivity contribution in [2.45, 2.75) is 12.8 Å². The minimum Gasteiger partial charge on any atom is -0.494 e. The number of nitrogens with zero attached hydrogens (tertiary/aromatic N) is 2. The SMILES string of the molecule is O=C1Nc2ccccc2/C1=C\Nc1cc(Cc2ccc(OCCCN3CCOCC3)cc2)n[nH]1. The van der Waals surface area contributed by atoms with Crippen LogP contribution in [0.3, 0.4) is 0 Å². The van der Waals surface area contributed by atoms with Crippen molar-refractivity contribution in [2.75, 3.05) is 50.1 Å². The maximum Gasteiger partial charge on any atom is 0.257 e. The number of amides is 1. The Morgan fingerprint density at radius 3 is 2.79 bits per heavy atom. The van der Waals surface area contributed by atoms with Crippen LogP contribution in [0.2, 0.25) is 0 Å². The maximum atomic E-state index is 12.2. The normalized spacial score (nSPS) is 16.9. The first kappa shape index (κ1) is 22.2. The molecule has 3 heterocycles. The molecule has 3 N–H and O–H groups in total. The van der Waals surface area contributed by atoms with Crippen LogP contribution in [0, 0.1) is 0 Å². The van der Waals surface area contributed by atoms with E-state index >= 15 is 0 Å². The molecule has 0 bridgehead atoms. The van der Waals surface area contributed by atoms with E-state index in [0.717, 1.165) is 73.3 Å². The summed E-state index contributed by atoms with van der Waals surface area (Å²) in [5, 5.41) is 13.4. The number of carbonyl (C=O) groups is 1. The summed E-state index contributed by atoms with van der Waals surface area (Å²) in [5.74, 6) is 1.51. The average molecular weight is 460 g/mol. The second-order valence-corrected chi connectivity index (χ2v) is 8.45. The zero-order chi connectivity index (χ0) is 23.2. The van der Waals surface area contributed by atoms with Crippen LogP contribution in [-0.2, 0) is 16.0 Å². The van der Waals surface area contributed by atoms with Gasteiger partial charge in [0.25, 0.3) is 5.91 Å². The van der Waals surface area contributed by atoms with Gasteiger partial charge in [0.15, 0.2) is 0 Å². The maximum absolute atomic E-state index is 12.2. The summed E-state index contributed by atoms with van der Waals surface area (Å²) < 4.78 is 11.3. The largest absolute Gasteiger partial charge is 0.494 e. The van der Waals surface area contributed by atoms with Crippen LogP contribution in [-0.4, -0.2) is 60.5 Å². The Hall–Kier alpha value is -3.62. The van der Waals surface area contributed by atoms with Crippen LogP contribution in [0.1, 0.15) is 23.2 Å². The summed E-state index contributed by atoms with van der Waals surface area (Å²) in [7, 11) is 0. The van der Waals surface area contributed by atoms with E-state index in [1.54, 1.807) is 6.20 Å². The fraction of sp³-hybridized carbons (Fsp3) is 0.308. The molecule has 1 fully saturated rings. The summed E-state index contributed by atoms with van der Waals surface area (Å²) in [6.45, 7) is 5.45. The first-order valence-electron chi connectivity index (χ1n) is 11.7. The average Bonchev–Trinajstić information content (AvgIpc) is 3.45. The summed E-state index contributed by atoms with van der Waals surface area (Å²) in [5.41, 5.74) is 4.39. The topological polar surface area (TPSA) is 91.5 Å². The molecular weight excluding hydrogens is 430 g/mol. The summed E-state index contributed by atoms with van der Waals surface area (Å²) in [6.07, 6.45) is 3.42. The van der Waals surface area contributed by atoms with Crippen LogP contribution >= 0.6 is 0 Å². The first-order chi connectivity index (χ1) is 16.7. The standard InChI is InChI=1S/C26H29N5O3/c32-26-23(22-4-1-2-5-24(22)28-26)18-27-25-17-20(29-30-25)16-19-6-8-21(9-7-19)34-13-3-10-31-11-14-33-15-12-31/h1-2,4-9,17-18H,3,10-16H2,(H,28,32)(H2,27,29,30)/b23-18+. The Bertz CT molecular complexity index is 1150. The molecule has 0 spiro atoms. The molecule has 34 heavy (non-hydrogen) atoms. The molecule has 2 aromatic carbocycles. The number of aromatic nitrogens is 2. The van der Waals surface area contributed by atoms with Gasteiger partial charge in [-0.3, -0.25) is 14.8 Å². The smallest absolute Gasteiger partial charge is 0.257 e. The van der Waals surface area contributed by atoms with Crippen LogP contribution in [0.15, 0.2) is 60.8 Å². The van der Waals surface area contributed by atoms with Crippen molar-refractivity contribution >= 4 is 23.0 Å². The summed E-state index contributed by atoms with van der Waals surface area (Å²) in [6, 6.07) is 17.8. The van der Waals surface area contributed by atoms with Gasteiger partial charge in [0.1, 0.15) is 11.6 Å². The van der Waals surface area contributed by atoms with E-state index in [-0.39, 0.29) is 5.91 Å². The van der Waals surface area contributed by atoms with Crippen molar-refractivity contribution in [1.29, 1.82) is 0 Å². The van der Waals surface area contributed by atoms with Crippen LogP contribution in [0.5, 0.6) is 5.75 Å². The second kappa shape index (κ2) is 10.5. The minimum atomic E-state index is -0.114. The predicted molar refractivity (Wildman–Crippen MR) is 132 cm³/mol. The van der Waals surface area contributed by atoms with E-state index in [9.17, 15) is 4.79 Å². The number of hydrogen-bond acceptors (Lipinski definition) is 6. The molecule has 1 aromatic heterocycles. The van der Waals surface area contributed by atoms with E-state index in [1.165, 1.54) is 0 Å². The molecule has 8 heteroatoms.